The quantitative estimate of drug-likeness (QED) is 0.719. The molecule has 1 amide bonds. The Morgan fingerprint density at radius 1 is 0.962 bits per heavy atom. The van der Waals surface area contributed by atoms with Gasteiger partial charge in [-0.2, -0.15) is 0 Å². The van der Waals surface area contributed by atoms with Crippen LogP contribution in [-0.4, -0.2) is 25.2 Å². The van der Waals surface area contributed by atoms with E-state index in [9.17, 15) is 4.79 Å². The molecule has 0 aliphatic heterocycles. The van der Waals surface area contributed by atoms with E-state index in [0.717, 1.165) is 28.2 Å². The maximum atomic E-state index is 12.4. The molecular weight excluding hydrogens is 326 g/mol. The van der Waals surface area contributed by atoms with E-state index in [0.29, 0.717) is 19.6 Å². The molecule has 2 rings (SSSR count). The molecule has 2 aromatic rings. The van der Waals surface area contributed by atoms with Gasteiger partial charge in [-0.1, -0.05) is 19.1 Å². The second-order valence-electron chi connectivity index (χ2n) is 6.72. The van der Waals surface area contributed by atoms with Gasteiger partial charge in [0.25, 0.3) is 5.91 Å². The van der Waals surface area contributed by atoms with E-state index in [2.05, 4.69) is 18.3 Å². The first kappa shape index (κ1) is 19.8. The molecule has 1 N–H and O–H groups in total. The fraction of sp³-hybridized carbons (Fsp3) is 0.409. The summed E-state index contributed by atoms with van der Waals surface area (Å²) in [4.78, 5) is 12.4. The molecule has 140 valence electrons. The summed E-state index contributed by atoms with van der Waals surface area (Å²) in [7, 11) is 0. The molecule has 0 aliphatic carbocycles. The SMILES string of the molecule is CC[C@H](Oc1ccc(C)c(C)c1)C(=O)NCCOc1cc(C)cc(C)c1. The lowest BCUT2D eigenvalue weighted by Crippen LogP contribution is -2.39. The van der Waals surface area contributed by atoms with Crippen LogP contribution in [0.4, 0.5) is 0 Å². The molecule has 0 bridgehead atoms. The Bertz CT molecular complexity index is 735. The third-order valence-corrected chi connectivity index (χ3v) is 4.29. The molecule has 0 unspecified atom stereocenters. The molecule has 0 aromatic heterocycles. The smallest absolute Gasteiger partial charge is 0.261 e. The Hall–Kier alpha value is -2.49. The fourth-order valence-electron chi connectivity index (χ4n) is 2.75. The maximum absolute atomic E-state index is 12.4. The first-order valence-electron chi connectivity index (χ1n) is 9.11. The number of rotatable bonds is 8. The summed E-state index contributed by atoms with van der Waals surface area (Å²) in [5.41, 5.74) is 4.69. The first-order valence-corrected chi connectivity index (χ1v) is 9.11. The third-order valence-electron chi connectivity index (χ3n) is 4.29. The van der Waals surface area contributed by atoms with Crippen molar-refractivity contribution >= 4 is 5.91 Å². The van der Waals surface area contributed by atoms with Gasteiger partial charge in [0.2, 0.25) is 0 Å². The zero-order valence-corrected chi connectivity index (χ0v) is 16.4. The largest absolute Gasteiger partial charge is 0.492 e. The van der Waals surface area contributed by atoms with E-state index in [1.54, 1.807) is 0 Å². The summed E-state index contributed by atoms with van der Waals surface area (Å²) in [6.45, 7) is 11.0. The van der Waals surface area contributed by atoms with Gasteiger partial charge in [0, 0.05) is 0 Å². The Kier molecular flexibility index (Phi) is 7.07. The molecule has 2 aromatic carbocycles. The molecule has 1 atom stereocenters. The van der Waals surface area contributed by atoms with Crippen LogP contribution in [0.25, 0.3) is 0 Å². The number of aryl methyl sites for hydroxylation is 4. The highest BCUT2D eigenvalue weighted by atomic mass is 16.5. The molecule has 0 fully saturated rings. The normalized spacial score (nSPS) is 11.7. The highest BCUT2D eigenvalue weighted by molar-refractivity contribution is 5.81. The maximum Gasteiger partial charge on any atom is 0.261 e. The summed E-state index contributed by atoms with van der Waals surface area (Å²) in [5.74, 6) is 1.44. The molecule has 4 nitrogen and oxygen atoms in total. The van der Waals surface area contributed by atoms with E-state index < -0.39 is 6.10 Å². The van der Waals surface area contributed by atoms with Gasteiger partial charge in [-0.05, 0) is 80.6 Å². The molecule has 4 heteroatoms. The predicted molar refractivity (Wildman–Crippen MR) is 105 cm³/mol. The van der Waals surface area contributed by atoms with E-state index in [-0.39, 0.29) is 5.91 Å². The van der Waals surface area contributed by atoms with Crippen molar-refractivity contribution in [2.45, 2.75) is 47.1 Å². The summed E-state index contributed by atoms with van der Waals surface area (Å²) < 4.78 is 11.6. The fourth-order valence-corrected chi connectivity index (χ4v) is 2.75. The molecule has 0 saturated carbocycles. The number of benzene rings is 2. The van der Waals surface area contributed by atoms with Crippen molar-refractivity contribution in [1.82, 2.24) is 5.32 Å². The number of carbonyl (C=O) groups excluding carboxylic acids is 1. The highest BCUT2D eigenvalue weighted by Gasteiger charge is 2.18. The lowest BCUT2D eigenvalue weighted by molar-refractivity contribution is -0.128. The van der Waals surface area contributed by atoms with Gasteiger partial charge in [-0.25, -0.2) is 0 Å². The Morgan fingerprint density at radius 2 is 1.65 bits per heavy atom. The van der Waals surface area contributed by atoms with Gasteiger partial charge in [0.05, 0.1) is 6.54 Å². The van der Waals surface area contributed by atoms with Gasteiger partial charge >= 0.3 is 0 Å². The van der Waals surface area contributed by atoms with Crippen molar-refractivity contribution < 1.29 is 14.3 Å². The summed E-state index contributed by atoms with van der Waals surface area (Å²) in [6.07, 6.45) is 0.106. The van der Waals surface area contributed by atoms with Crippen molar-refractivity contribution in [1.29, 1.82) is 0 Å². The number of carbonyl (C=O) groups is 1. The van der Waals surface area contributed by atoms with Crippen molar-refractivity contribution in [3.63, 3.8) is 0 Å². The molecule has 0 spiro atoms. The average molecular weight is 355 g/mol. The van der Waals surface area contributed by atoms with Gasteiger partial charge in [-0.15, -0.1) is 0 Å². The van der Waals surface area contributed by atoms with E-state index in [4.69, 9.17) is 9.47 Å². The molecule has 26 heavy (non-hydrogen) atoms. The summed E-state index contributed by atoms with van der Waals surface area (Å²) >= 11 is 0. The lowest BCUT2D eigenvalue weighted by Gasteiger charge is -2.18. The van der Waals surface area contributed by atoms with Crippen LogP contribution in [0.3, 0.4) is 0 Å². The molecule has 0 radical (unpaired) electrons. The minimum absolute atomic E-state index is 0.116. The Balaban J connectivity index is 1.82. The Labute approximate surface area is 156 Å². The van der Waals surface area contributed by atoms with Crippen LogP contribution in [0.15, 0.2) is 36.4 Å². The van der Waals surface area contributed by atoms with E-state index >= 15 is 0 Å². The van der Waals surface area contributed by atoms with Crippen LogP contribution in [-0.2, 0) is 4.79 Å². The van der Waals surface area contributed by atoms with Crippen molar-refractivity contribution in [3.05, 3.63) is 58.7 Å². The minimum atomic E-state index is -0.502. The number of hydrogen-bond acceptors (Lipinski definition) is 3. The van der Waals surface area contributed by atoms with Gasteiger partial charge < -0.3 is 14.8 Å². The molecule has 0 heterocycles. The minimum Gasteiger partial charge on any atom is -0.492 e. The summed E-state index contributed by atoms with van der Waals surface area (Å²) in [5, 5.41) is 2.89. The number of ether oxygens (including phenoxy) is 2. The summed E-state index contributed by atoms with van der Waals surface area (Å²) in [6, 6.07) is 12.0. The van der Waals surface area contributed by atoms with Crippen LogP contribution >= 0.6 is 0 Å². The van der Waals surface area contributed by atoms with E-state index in [1.165, 1.54) is 5.56 Å². The Morgan fingerprint density at radius 3 is 2.27 bits per heavy atom. The zero-order chi connectivity index (χ0) is 19.1. The lowest BCUT2D eigenvalue weighted by atomic mass is 10.1. The topological polar surface area (TPSA) is 47.6 Å². The second kappa shape index (κ2) is 9.27. The average Bonchev–Trinajstić information content (AvgIpc) is 2.58. The number of nitrogens with one attached hydrogen (secondary N) is 1. The highest BCUT2D eigenvalue weighted by Crippen LogP contribution is 2.19. The predicted octanol–water partition coefficient (Wildman–Crippen LogP) is 4.27. The van der Waals surface area contributed by atoms with Crippen molar-refractivity contribution in [2.24, 2.45) is 0 Å². The van der Waals surface area contributed by atoms with Crippen LogP contribution in [0.2, 0.25) is 0 Å². The van der Waals surface area contributed by atoms with Gasteiger partial charge in [0.1, 0.15) is 18.1 Å². The van der Waals surface area contributed by atoms with Crippen LogP contribution in [0.5, 0.6) is 11.5 Å². The van der Waals surface area contributed by atoms with Crippen LogP contribution in [0.1, 0.15) is 35.6 Å². The second-order valence-corrected chi connectivity index (χ2v) is 6.72. The third kappa shape index (κ3) is 5.80. The first-order chi connectivity index (χ1) is 12.4. The van der Waals surface area contributed by atoms with Crippen molar-refractivity contribution in [3.8, 4) is 11.5 Å². The standard InChI is InChI=1S/C22H29NO3/c1-6-21(26-19-8-7-17(4)18(5)14-19)22(24)23-9-10-25-20-12-15(2)11-16(3)13-20/h7-8,11-14,21H,6,9-10H2,1-5H3,(H,23,24)/t21-/m0/s1. The monoisotopic (exact) mass is 355 g/mol. The van der Waals surface area contributed by atoms with Gasteiger partial charge in [0.15, 0.2) is 6.10 Å². The molecule has 0 saturated heterocycles. The van der Waals surface area contributed by atoms with E-state index in [1.807, 2.05) is 58.0 Å². The number of hydrogen-bond donors (Lipinski definition) is 1. The van der Waals surface area contributed by atoms with Crippen LogP contribution in [0, 0.1) is 27.7 Å². The van der Waals surface area contributed by atoms with Gasteiger partial charge in [-0.3, -0.25) is 4.79 Å². The van der Waals surface area contributed by atoms with Crippen LogP contribution < -0.4 is 14.8 Å². The number of amides is 1. The molecule has 0 aliphatic rings. The molecular formula is C22H29NO3. The van der Waals surface area contributed by atoms with Crippen molar-refractivity contribution in [2.75, 3.05) is 13.2 Å². The zero-order valence-electron chi connectivity index (χ0n) is 16.4.